The van der Waals surface area contributed by atoms with Crippen LogP contribution in [-0.4, -0.2) is 60.7 Å². The summed E-state index contributed by atoms with van der Waals surface area (Å²) in [6.45, 7) is 1.41. The second-order valence-corrected chi connectivity index (χ2v) is 10.5. The molecular weight excluding hydrogens is 476 g/mol. The number of hydrogen-bond donors (Lipinski definition) is 0. The molecule has 0 N–H and O–H groups in total. The lowest BCUT2D eigenvalue weighted by molar-refractivity contribution is -0.130. The van der Waals surface area contributed by atoms with Gasteiger partial charge in [0.25, 0.3) is 0 Å². The third kappa shape index (κ3) is 3.92. The fraction of sp³-hybridized carbons (Fsp3) is 0.148. The van der Waals surface area contributed by atoms with Crippen LogP contribution in [0.5, 0.6) is 0 Å². The highest BCUT2D eigenvalue weighted by atomic mass is 32.2. The first-order valence-corrected chi connectivity index (χ1v) is 13.0. The molecule has 9 heteroatoms. The third-order valence-electron chi connectivity index (χ3n) is 6.43. The summed E-state index contributed by atoms with van der Waals surface area (Å²) in [6, 6.07) is 22.4. The van der Waals surface area contributed by atoms with Crippen molar-refractivity contribution in [2.45, 2.75) is 4.90 Å². The number of hydrogen-bond acceptors (Lipinski definition) is 7. The quantitative estimate of drug-likeness (QED) is 0.316. The topological polar surface area (TPSA) is 92.2 Å². The first kappa shape index (κ1) is 22.4. The lowest BCUT2D eigenvalue weighted by Crippen LogP contribution is -2.46. The van der Waals surface area contributed by atoms with E-state index in [-0.39, 0.29) is 29.6 Å². The standard InChI is InChI=1S/C27H22N4O4S/c32-27-23(29-26(35-27)22-11-3-7-19-6-1-2-10-21(19)22)18-30-14-16-31(17-15-30)36(33,34)24-12-4-8-20-9-5-13-28-25(20)24/h1-13,18H,14-17H2/b23-18+. The molecule has 0 unspecified atom stereocenters. The summed E-state index contributed by atoms with van der Waals surface area (Å²) in [5, 5.41) is 2.76. The van der Waals surface area contributed by atoms with E-state index in [4.69, 9.17) is 4.74 Å². The van der Waals surface area contributed by atoms with Gasteiger partial charge in [0.05, 0.1) is 5.52 Å². The highest BCUT2D eigenvalue weighted by Crippen LogP contribution is 2.26. The van der Waals surface area contributed by atoms with Gasteiger partial charge in [-0.1, -0.05) is 54.6 Å². The van der Waals surface area contributed by atoms with Crippen molar-refractivity contribution in [1.29, 1.82) is 0 Å². The molecule has 0 atom stereocenters. The largest absolute Gasteiger partial charge is 0.402 e. The molecule has 0 bridgehead atoms. The Bertz CT molecular complexity index is 1660. The molecule has 36 heavy (non-hydrogen) atoms. The zero-order valence-corrected chi connectivity index (χ0v) is 20.1. The minimum atomic E-state index is -3.71. The highest BCUT2D eigenvalue weighted by molar-refractivity contribution is 7.89. The molecule has 3 heterocycles. The van der Waals surface area contributed by atoms with E-state index < -0.39 is 16.0 Å². The average Bonchev–Trinajstić information content (AvgIpc) is 3.28. The van der Waals surface area contributed by atoms with Crippen LogP contribution in [0.2, 0.25) is 0 Å². The summed E-state index contributed by atoms with van der Waals surface area (Å²) >= 11 is 0. The number of aromatic nitrogens is 1. The van der Waals surface area contributed by atoms with E-state index in [9.17, 15) is 13.2 Å². The van der Waals surface area contributed by atoms with E-state index >= 15 is 0 Å². The predicted molar refractivity (Wildman–Crippen MR) is 137 cm³/mol. The van der Waals surface area contributed by atoms with Crippen molar-refractivity contribution in [2.75, 3.05) is 26.2 Å². The SMILES string of the molecule is O=C1OC(c2cccc3ccccc23)=N/C1=C/N1CCN(S(=O)(=O)c2cccc3cccnc23)CC1. The Morgan fingerprint density at radius 3 is 2.42 bits per heavy atom. The summed E-state index contributed by atoms with van der Waals surface area (Å²) < 4.78 is 33.7. The maximum Gasteiger partial charge on any atom is 0.365 e. The van der Waals surface area contributed by atoms with E-state index in [2.05, 4.69) is 9.98 Å². The fourth-order valence-corrected chi connectivity index (χ4v) is 6.18. The maximum absolute atomic E-state index is 13.4. The monoisotopic (exact) mass is 498 g/mol. The van der Waals surface area contributed by atoms with Gasteiger partial charge in [0.15, 0.2) is 5.70 Å². The van der Waals surface area contributed by atoms with E-state index in [0.29, 0.717) is 18.6 Å². The maximum atomic E-state index is 13.4. The zero-order valence-electron chi connectivity index (χ0n) is 19.2. The smallest absolute Gasteiger partial charge is 0.365 e. The molecule has 0 aliphatic carbocycles. The minimum absolute atomic E-state index is 0.201. The Labute approximate surface area is 208 Å². The van der Waals surface area contributed by atoms with Crippen molar-refractivity contribution < 1.29 is 17.9 Å². The minimum Gasteiger partial charge on any atom is -0.402 e. The van der Waals surface area contributed by atoms with Crippen LogP contribution in [0.1, 0.15) is 5.56 Å². The van der Waals surface area contributed by atoms with Crippen LogP contribution in [0.3, 0.4) is 0 Å². The van der Waals surface area contributed by atoms with Crippen molar-refractivity contribution in [1.82, 2.24) is 14.2 Å². The van der Waals surface area contributed by atoms with Crippen LogP contribution in [0.4, 0.5) is 0 Å². The number of aliphatic imine (C=N–C) groups is 1. The molecule has 3 aromatic carbocycles. The molecule has 0 spiro atoms. The molecule has 4 aromatic rings. The van der Waals surface area contributed by atoms with Gasteiger partial charge in [-0.15, -0.1) is 0 Å². The number of fused-ring (bicyclic) bond motifs is 2. The van der Waals surface area contributed by atoms with Crippen LogP contribution in [-0.2, 0) is 19.6 Å². The van der Waals surface area contributed by atoms with Gasteiger partial charge in [-0.2, -0.15) is 4.31 Å². The second kappa shape index (κ2) is 8.85. The molecule has 1 fully saturated rings. The lowest BCUT2D eigenvalue weighted by atomic mass is 10.0. The molecule has 6 rings (SSSR count). The van der Waals surface area contributed by atoms with Crippen molar-refractivity contribution in [2.24, 2.45) is 4.99 Å². The molecule has 0 amide bonds. The number of carbonyl (C=O) groups is 1. The second-order valence-electron chi connectivity index (χ2n) is 8.62. The van der Waals surface area contributed by atoms with Gasteiger partial charge in [-0.3, -0.25) is 4.98 Å². The Morgan fingerprint density at radius 1 is 0.833 bits per heavy atom. The summed E-state index contributed by atoms with van der Waals surface area (Å²) in [7, 11) is -3.71. The van der Waals surface area contributed by atoms with Crippen LogP contribution in [0.15, 0.2) is 101 Å². The average molecular weight is 499 g/mol. The summed E-state index contributed by atoms with van der Waals surface area (Å²) in [6.07, 6.45) is 3.25. The molecule has 1 aromatic heterocycles. The molecule has 0 saturated carbocycles. The number of sulfonamides is 1. The zero-order chi connectivity index (χ0) is 24.7. The molecule has 8 nitrogen and oxygen atoms in total. The molecule has 2 aliphatic rings. The van der Waals surface area contributed by atoms with E-state index in [1.54, 1.807) is 30.6 Å². The number of nitrogens with zero attached hydrogens (tertiary/aromatic N) is 4. The number of cyclic esters (lactones) is 1. The van der Waals surface area contributed by atoms with Crippen molar-refractivity contribution in [3.05, 3.63) is 96.5 Å². The number of para-hydroxylation sites is 1. The number of pyridine rings is 1. The van der Waals surface area contributed by atoms with Gasteiger partial charge >= 0.3 is 5.97 Å². The van der Waals surface area contributed by atoms with Gasteiger partial charge < -0.3 is 9.64 Å². The summed E-state index contributed by atoms with van der Waals surface area (Å²) in [4.78, 5) is 23.4. The number of esters is 1. The fourth-order valence-electron chi connectivity index (χ4n) is 4.60. The summed E-state index contributed by atoms with van der Waals surface area (Å²) in [5.74, 6) is -0.248. The lowest BCUT2D eigenvalue weighted by Gasteiger charge is -2.33. The Hall–Kier alpha value is -4.08. The highest BCUT2D eigenvalue weighted by Gasteiger charge is 2.31. The van der Waals surface area contributed by atoms with Crippen LogP contribution in [0.25, 0.3) is 21.7 Å². The molecule has 1 saturated heterocycles. The van der Waals surface area contributed by atoms with Gasteiger partial charge in [0, 0.05) is 49.5 Å². The normalized spacial score (nSPS) is 18.1. The number of carbonyl (C=O) groups excluding carboxylic acids is 1. The van der Waals surface area contributed by atoms with E-state index in [1.807, 2.05) is 59.5 Å². The Balaban J connectivity index is 1.21. The molecule has 2 aliphatic heterocycles. The van der Waals surface area contributed by atoms with E-state index in [0.717, 1.165) is 21.7 Å². The van der Waals surface area contributed by atoms with Gasteiger partial charge in [0.2, 0.25) is 15.9 Å². The number of ether oxygens (including phenoxy) is 1. The van der Waals surface area contributed by atoms with Gasteiger partial charge in [-0.05, 0) is 29.0 Å². The van der Waals surface area contributed by atoms with Crippen LogP contribution < -0.4 is 0 Å². The van der Waals surface area contributed by atoms with Crippen LogP contribution >= 0.6 is 0 Å². The van der Waals surface area contributed by atoms with Gasteiger partial charge in [-0.25, -0.2) is 18.2 Å². The van der Waals surface area contributed by atoms with Crippen molar-refractivity contribution >= 4 is 43.6 Å². The first-order valence-electron chi connectivity index (χ1n) is 11.6. The third-order valence-corrected chi connectivity index (χ3v) is 8.36. The van der Waals surface area contributed by atoms with Crippen molar-refractivity contribution in [3.8, 4) is 0 Å². The Morgan fingerprint density at radius 2 is 1.56 bits per heavy atom. The van der Waals surface area contributed by atoms with E-state index in [1.165, 1.54) is 4.31 Å². The first-order chi connectivity index (χ1) is 17.5. The number of piperazine rings is 1. The number of rotatable bonds is 4. The molecule has 180 valence electrons. The van der Waals surface area contributed by atoms with Gasteiger partial charge in [0.1, 0.15) is 4.90 Å². The Kier molecular flexibility index (Phi) is 5.50. The molecule has 0 radical (unpaired) electrons. The van der Waals surface area contributed by atoms with Crippen molar-refractivity contribution in [3.63, 3.8) is 0 Å². The predicted octanol–water partition coefficient (Wildman–Crippen LogP) is 3.54. The summed E-state index contributed by atoms with van der Waals surface area (Å²) in [5.41, 5.74) is 1.42. The van der Waals surface area contributed by atoms with Crippen LogP contribution in [0, 0.1) is 0 Å². The molecular formula is C27H22N4O4S. The number of benzene rings is 3.